The topological polar surface area (TPSA) is 74.1 Å². The molecule has 1 N–H and O–H groups in total. The first-order chi connectivity index (χ1) is 13.2. The van der Waals surface area contributed by atoms with Crippen molar-refractivity contribution < 1.29 is 9.47 Å². The zero-order valence-corrected chi connectivity index (χ0v) is 15.5. The molecule has 0 fully saturated rings. The lowest BCUT2D eigenvalue weighted by molar-refractivity contribution is 0.393. The maximum absolute atomic E-state index is 5.57. The molecule has 3 aromatic rings. The Kier molecular flexibility index (Phi) is 4.50. The Morgan fingerprint density at radius 1 is 1.07 bits per heavy atom. The summed E-state index contributed by atoms with van der Waals surface area (Å²) in [5.74, 6) is 2.09. The number of tetrazole rings is 1. The van der Waals surface area contributed by atoms with E-state index in [1.54, 1.807) is 18.9 Å². The highest BCUT2D eigenvalue weighted by molar-refractivity contribution is 5.77. The van der Waals surface area contributed by atoms with Gasteiger partial charge in [0.2, 0.25) is 5.95 Å². The summed E-state index contributed by atoms with van der Waals surface area (Å²) >= 11 is 0. The summed E-state index contributed by atoms with van der Waals surface area (Å²) < 4.78 is 12.7. The molecule has 2 heterocycles. The van der Waals surface area contributed by atoms with Gasteiger partial charge in [-0.2, -0.15) is 4.68 Å². The third-order valence-electron chi connectivity index (χ3n) is 4.76. The van der Waals surface area contributed by atoms with Crippen LogP contribution in [0, 0.1) is 0 Å². The minimum Gasteiger partial charge on any atom is -0.497 e. The molecular weight excluding hydrogens is 342 g/mol. The van der Waals surface area contributed by atoms with Crippen LogP contribution in [0.3, 0.4) is 0 Å². The van der Waals surface area contributed by atoms with Crippen molar-refractivity contribution in [3.05, 3.63) is 65.2 Å². The molecule has 1 aliphatic heterocycles. The largest absolute Gasteiger partial charge is 0.497 e. The molecule has 2 aromatic carbocycles. The molecule has 1 aromatic heterocycles. The van der Waals surface area contributed by atoms with E-state index in [1.165, 1.54) is 5.56 Å². The van der Waals surface area contributed by atoms with Crippen LogP contribution in [0.15, 0.2) is 48.5 Å². The molecule has 0 aliphatic carbocycles. The highest BCUT2D eigenvalue weighted by Gasteiger charge is 2.27. The summed E-state index contributed by atoms with van der Waals surface area (Å²) in [5, 5.41) is 15.4. The van der Waals surface area contributed by atoms with Crippen LogP contribution in [0.4, 0.5) is 5.95 Å². The van der Waals surface area contributed by atoms with E-state index < -0.39 is 0 Å². The molecule has 0 bridgehead atoms. The van der Waals surface area contributed by atoms with E-state index >= 15 is 0 Å². The molecule has 0 unspecified atom stereocenters. The molecule has 7 nitrogen and oxygen atoms in total. The number of aromatic nitrogens is 4. The van der Waals surface area contributed by atoms with Crippen LogP contribution in [-0.4, -0.2) is 34.4 Å². The van der Waals surface area contributed by atoms with Gasteiger partial charge in [0.05, 0.1) is 14.2 Å². The van der Waals surface area contributed by atoms with Gasteiger partial charge in [-0.05, 0) is 52.2 Å². The SMILES string of the molecule is CCc1ccc(C2=C[C@H](c3cc(OC)ccc3OC)n3nnnc3N2)cc1. The van der Waals surface area contributed by atoms with E-state index in [1.807, 2.05) is 18.2 Å². The van der Waals surface area contributed by atoms with Gasteiger partial charge in [0.1, 0.15) is 17.5 Å². The molecule has 0 spiro atoms. The number of hydrogen-bond donors (Lipinski definition) is 1. The van der Waals surface area contributed by atoms with E-state index in [2.05, 4.69) is 58.1 Å². The van der Waals surface area contributed by atoms with Crippen LogP contribution in [0.25, 0.3) is 5.70 Å². The standard InChI is InChI=1S/C20H21N5O2/c1-4-13-5-7-14(8-6-13)17-12-18(25-20(21-17)22-23-24-25)16-11-15(26-2)9-10-19(16)27-3/h5-12,18H,4H2,1-3H3,(H,21,22,24)/t18-/m1/s1. The molecule has 1 aliphatic rings. The predicted molar refractivity (Wildman–Crippen MR) is 103 cm³/mol. The Labute approximate surface area is 157 Å². The number of allylic oxidation sites excluding steroid dienone is 1. The lowest BCUT2D eigenvalue weighted by atomic mass is 10.00. The van der Waals surface area contributed by atoms with Gasteiger partial charge in [-0.1, -0.05) is 36.3 Å². The number of nitrogens with zero attached hydrogens (tertiary/aromatic N) is 4. The number of benzene rings is 2. The first kappa shape index (κ1) is 17.1. The lowest BCUT2D eigenvalue weighted by Gasteiger charge is -2.25. The second-order valence-electron chi connectivity index (χ2n) is 6.26. The third kappa shape index (κ3) is 3.12. The first-order valence-corrected chi connectivity index (χ1v) is 8.81. The van der Waals surface area contributed by atoms with Crippen LogP contribution in [-0.2, 0) is 6.42 Å². The number of aryl methyl sites for hydroxylation is 1. The smallest absolute Gasteiger partial charge is 0.248 e. The molecule has 1 atom stereocenters. The molecule has 0 radical (unpaired) electrons. The minimum atomic E-state index is -0.220. The van der Waals surface area contributed by atoms with E-state index in [-0.39, 0.29) is 6.04 Å². The van der Waals surface area contributed by atoms with Gasteiger partial charge in [-0.25, -0.2) is 0 Å². The molecule has 138 valence electrons. The minimum absolute atomic E-state index is 0.220. The lowest BCUT2D eigenvalue weighted by Crippen LogP contribution is -2.20. The van der Waals surface area contributed by atoms with Gasteiger partial charge in [-0.3, -0.25) is 0 Å². The van der Waals surface area contributed by atoms with Crippen LogP contribution in [0.1, 0.15) is 29.7 Å². The van der Waals surface area contributed by atoms with E-state index in [4.69, 9.17) is 9.47 Å². The summed E-state index contributed by atoms with van der Waals surface area (Å²) in [5.41, 5.74) is 4.25. The quantitative estimate of drug-likeness (QED) is 0.750. The third-order valence-corrected chi connectivity index (χ3v) is 4.76. The number of hydrogen-bond acceptors (Lipinski definition) is 6. The maximum Gasteiger partial charge on any atom is 0.248 e. The molecule has 0 saturated carbocycles. The molecule has 4 rings (SSSR count). The van der Waals surface area contributed by atoms with Crippen molar-refractivity contribution in [1.82, 2.24) is 20.2 Å². The summed E-state index contributed by atoms with van der Waals surface area (Å²) in [7, 11) is 3.30. The van der Waals surface area contributed by atoms with Crippen LogP contribution < -0.4 is 14.8 Å². The fourth-order valence-corrected chi connectivity index (χ4v) is 3.23. The van der Waals surface area contributed by atoms with Crippen LogP contribution in [0.5, 0.6) is 11.5 Å². The molecule has 7 heteroatoms. The Hall–Kier alpha value is -3.35. The number of methoxy groups -OCH3 is 2. The van der Waals surface area contributed by atoms with Gasteiger partial charge in [0, 0.05) is 11.3 Å². The van der Waals surface area contributed by atoms with E-state index in [9.17, 15) is 0 Å². The Balaban J connectivity index is 1.82. The fourth-order valence-electron chi connectivity index (χ4n) is 3.23. The Bertz CT molecular complexity index is 978. The van der Waals surface area contributed by atoms with E-state index in [0.717, 1.165) is 34.7 Å². The highest BCUT2D eigenvalue weighted by Crippen LogP contribution is 2.37. The molecular formula is C20H21N5O2. The van der Waals surface area contributed by atoms with Crippen molar-refractivity contribution in [3.8, 4) is 11.5 Å². The zero-order chi connectivity index (χ0) is 18.8. The van der Waals surface area contributed by atoms with Crippen molar-refractivity contribution >= 4 is 11.6 Å². The van der Waals surface area contributed by atoms with Gasteiger partial charge in [0.15, 0.2) is 0 Å². The van der Waals surface area contributed by atoms with E-state index in [0.29, 0.717) is 5.95 Å². The second-order valence-corrected chi connectivity index (χ2v) is 6.26. The van der Waals surface area contributed by atoms with Gasteiger partial charge in [0.25, 0.3) is 0 Å². The number of fused-ring (bicyclic) bond motifs is 1. The zero-order valence-electron chi connectivity index (χ0n) is 15.5. The average molecular weight is 363 g/mol. The van der Waals surface area contributed by atoms with Crippen LogP contribution in [0.2, 0.25) is 0 Å². The van der Waals surface area contributed by atoms with Crippen molar-refractivity contribution in [3.63, 3.8) is 0 Å². The first-order valence-electron chi connectivity index (χ1n) is 8.81. The maximum atomic E-state index is 5.57. The van der Waals surface area contributed by atoms with Crippen LogP contribution >= 0.6 is 0 Å². The Morgan fingerprint density at radius 3 is 2.59 bits per heavy atom. The fraction of sp³-hybridized carbons (Fsp3) is 0.250. The van der Waals surface area contributed by atoms with Crippen molar-refractivity contribution in [2.24, 2.45) is 0 Å². The molecule has 0 amide bonds. The summed E-state index contributed by atoms with van der Waals surface area (Å²) in [6, 6.07) is 14.0. The summed E-state index contributed by atoms with van der Waals surface area (Å²) in [6.07, 6.45) is 3.11. The van der Waals surface area contributed by atoms with Crippen molar-refractivity contribution in [1.29, 1.82) is 0 Å². The number of anilines is 1. The van der Waals surface area contributed by atoms with Gasteiger partial charge in [-0.15, -0.1) is 0 Å². The average Bonchev–Trinajstić information content (AvgIpc) is 3.21. The summed E-state index contributed by atoms with van der Waals surface area (Å²) in [6.45, 7) is 2.15. The van der Waals surface area contributed by atoms with Crippen molar-refractivity contribution in [2.75, 3.05) is 19.5 Å². The molecule has 27 heavy (non-hydrogen) atoms. The summed E-state index contributed by atoms with van der Waals surface area (Å²) in [4.78, 5) is 0. The van der Waals surface area contributed by atoms with Gasteiger partial charge < -0.3 is 14.8 Å². The van der Waals surface area contributed by atoms with Gasteiger partial charge >= 0.3 is 0 Å². The second kappa shape index (κ2) is 7.11. The Morgan fingerprint density at radius 2 is 1.89 bits per heavy atom. The highest BCUT2D eigenvalue weighted by atomic mass is 16.5. The number of ether oxygens (including phenoxy) is 2. The number of nitrogens with one attached hydrogen (secondary N) is 1. The number of rotatable bonds is 5. The normalized spacial score (nSPS) is 15.5. The monoisotopic (exact) mass is 363 g/mol. The molecule has 0 saturated heterocycles. The predicted octanol–water partition coefficient (Wildman–Crippen LogP) is 3.31. The van der Waals surface area contributed by atoms with Crippen molar-refractivity contribution in [2.45, 2.75) is 19.4 Å².